The van der Waals surface area contributed by atoms with Crippen molar-refractivity contribution in [1.29, 1.82) is 0 Å². The Bertz CT molecular complexity index is 1020. The Kier molecular flexibility index (Phi) is 10.2. The molecule has 1 unspecified atom stereocenters. The van der Waals surface area contributed by atoms with Crippen LogP contribution in [0.2, 0.25) is 10.0 Å². The number of nitrogens with two attached hydrogens (primary N) is 1. The van der Waals surface area contributed by atoms with E-state index in [1.807, 2.05) is 0 Å². The largest absolute Gasteiger partial charge is 0.493 e. The lowest BCUT2D eigenvalue weighted by molar-refractivity contribution is -0.139. The van der Waals surface area contributed by atoms with Gasteiger partial charge in [0, 0.05) is 0 Å². The summed E-state index contributed by atoms with van der Waals surface area (Å²) in [6.07, 6.45) is -3.89. The molecule has 0 saturated heterocycles. The zero-order valence-corrected chi connectivity index (χ0v) is 20.3. The van der Waals surface area contributed by atoms with Crippen LogP contribution in [-0.2, 0) is 28.1 Å². The van der Waals surface area contributed by atoms with Crippen LogP contribution in [0.1, 0.15) is 29.5 Å². The zero-order chi connectivity index (χ0) is 25.6. The molecule has 0 aromatic heterocycles. The molecule has 190 valence electrons. The summed E-state index contributed by atoms with van der Waals surface area (Å²) in [5.41, 5.74) is 4.38. The molecule has 0 aliphatic carbocycles. The van der Waals surface area contributed by atoms with Crippen LogP contribution in [0.3, 0.4) is 0 Å². The van der Waals surface area contributed by atoms with Crippen LogP contribution in [0.15, 0.2) is 36.4 Å². The average Bonchev–Trinajstić information content (AvgIpc) is 2.76. The van der Waals surface area contributed by atoms with Gasteiger partial charge in [-0.25, -0.2) is 4.57 Å². The third-order valence-electron chi connectivity index (χ3n) is 4.98. The second-order valence-corrected chi connectivity index (χ2v) is 9.80. The fourth-order valence-corrected chi connectivity index (χ4v) is 3.91. The predicted molar refractivity (Wildman–Crippen MR) is 122 cm³/mol. The fourth-order valence-electron chi connectivity index (χ4n) is 3.07. The number of aryl methyl sites for hydroxylation is 2. The van der Waals surface area contributed by atoms with Crippen LogP contribution in [0.5, 0.6) is 5.75 Å². The first-order chi connectivity index (χ1) is 15.7. The lowest BCUT2D eigenvalue weighted by atomic mass is 9.93. The quantitative estimate of drug-likeness (QED) is 0.224. The summed E-state index contributed by atoms with van der Waals surface area (Å²) >= 11 is 12.1. The number of hydrogen-bond acceptors (Lipinski definition) is 5. The smallest absolute Gasteiger partial charge is 0.469 e. The van der Waals surface area contributed by atoms with E-state index < -0.39 is 38.3 Å². The molecule has 2 aromatic carbocycles. The third kappa shape index (κ3) is 9.02. The van der Waals surface area contributed by atoms with Crippen LogP contribution in [0, 0.1) is 0 Å². The molecule has 2 aromatic rings. The summed E-state index contributed by atoms with van der Waals surface area (Å²) in [5, 5.41) is 10.2. The highest BCUT2D eigenvalue weighted by Gasteiger charge is 2.35. The molecule has 0 heterocycles. The van der Waals surface area contributed by atoms with E-state index in [0.29, 0.717) is 22.9 Å². The van der Waals surface area contributed by atoms with Crippen LogP contribution < -0.4 is 10.5 Å². The molecule has 34 heavy (non-hydrogen) atoms. The van der Waals surface area contributed by atoms with Gasteiger partial charge in [-0.1, -0.05) is 41.4 Å². The molecule has 0 spiro atoms. The van der Waals surface area contributed by atoms with E-state index in [4.69, 9.17) is 43.5 Å². The molecular weight excluding hydrogens is 521 g/mol. The van der Waals surface area contributed by atoms with E-state index in [1.54, 1.807) is 18.2 Å². The molecule has 0 saturated carbocycles. The molecule has 0 amide bonds. The van der Waals surface area contributed by atoms with Crippen LogP contribution in [0.4, 0.5) is 13.2 Å². The molecule has 0 aliphatic rings. The van der Waals surface area contributed by atoms with Crippen molar-refractivity contribution in [2.75, 3.05) is 19.8 Å². The van der Waals surface area contributed by atoms with Gasteiger partial charge in [0.15, 0.2) is 0 Å². The fraction of sp³-hybridized carbons (Fsp3) is 0.429. The highest BCUT2D eigenvalue weighted by Crippen LogP contribution is 2.38. The first-order valence-corrected chi connectivity index (χ1v) is 12.4. The van der Waals surface area contributed by atoms with Gasteiger partial charge in [-0.15, -0.1) is 0 Å². The number of rotatable bonds is 12. The first-order valence-electron chi connectivity index (χ1n) is 10.1. The molecule has 0 bridgehead atoms. The lowest BCUT2D eigenvalue weighted by Gasteiger charge is -2.27. The topological polar surface area (TPSA) is 122 Å². The van der Waals surface area contributed by atoms with Gasteiger partial charge in [0.1, 0.15) is 5.75 Å². The number of benzene rings is 2. The Hall–Kier alpha value is -1.36. The maximum Gasteiger partial charge on any atom is 0.469 e. The Labute approximate surface area is 204 Å². The Morgan fingerprint density at radius 1 is 1.09 bits per heavy atom. The summed E-state index contributed by atoms with van der Waals surface area (Å²) in [5.74, 6) is -0.334. The number of aliphatic hydroxyl groups excluding tert-OH is 1. The van der Waals surface area contributed by atoms with Crippen molar-refractivity contribution in [3.05, 3.63) is 63.1 Å². The molecule has 2 rings (SSSR count). The van der Waals surface area contributed by atoms with Crippen molar-refractivity contribution in [3.63, 3.8) is 0 Å². The SMILES string of the molecule is NC(CO)(CCc1ccc(OCCCc2cccc(Cl)c2Cl)c(C(F)(F)F)c1)COP(=O)(O)O. The Morgan fingerprint density at radius 3 is 2.41 bits per heavy atom. The Morgan fingerprint density at radius 2 is 1.79 bits per heavy atom. The number of phosphoric acid groups is 1. The molecule has 5 N–H and O–H groups in total. The maximum atomic E-state index is 13.6. The van der Waals surface area contributed by atoms with Crippen LogP contribution in [-0.4, -0.2) is 40.3 Å². The van der Waals surface area contributed by atoms with Crippen molar-refractivity contribution in [2.24, 2.45) is 5.73 Å². The molecule has 0 aliphatic heterocycles. The minimum atomic E-state index is -4.82. The van der Waals surface area contributed by atoms with Gasteiger partial charge in [-0.2, -0.15) is 13.2 Å². The maximum absolute atomic E-state index is 13.6. The number of aliphatic hydroxyl groups is 1. The molecular formula is C21H25Cl2F3NO6P. The van der Waals surface area contributed by atoms with Crippen molar-refractivity contribution < 1.29 is 41.9 Å². The molecule has 7 nitrogen and oxygen atoms in total. The van der Waals surface area contributed by atoms with Gasteiger partial charge >= 0.3 is 14.0 Å². The molecule has 13 heteroatoms. The lowest BCUT2D eigenvalue weighted by Crippen LogP contribution is -2.48. The second-order valence-electron chi connectivity index (χ2n) is 7.78. The van der Waals surface area contributed by atoms with E-state index in [0.717, 1.165) is 11.6 Å². The predicted octanol–water partition coefficient (Wildman–Crippen LogP) is 4.76. The summed E-state index contributed by atoms with van der Waals surface area (Å²) in [6.45, 7) is -1.34. The van der Waals surface area contributed by atoms with Gasteiger partial charge in [0.2, 0.25) is 0 Å². The van der Waals surface area contributed by atoms with Gasteiger partial charge in [0.05, 0.1) is 41.0 Å². The van der Waals surface area contributed by atoms with Crippen LogP contribution in [0.25, 0.3) is 0 Å². The van der Waals surface area contributed by atoms with Gasteiger partial charge in [-0.3, -0.25) is 4.52 Å². The number of alkyl halides is 3. The second kappa shape index (κ2) is 12.1. The van der Waals surface area contributed by atoms with Gasteiger partial charge < -0.3 is 25.4 Å². The summed E-state index contributed by atoms with van der Waals surface area (Å²) in [6, 6.07) is 8.70. The van der Waals surface area contributed by atoms with Crippen molar-refractivity contribution in [3.8, 4) is 5.75 Å². The van der Waals surface area contributed by atoms with Crippen LogP contribution >= 0.6 is 31.0 Å². The normalized spacial score (nSPS) is 14.1. The van der Waals surface area contributed by atoms with Crippen molar-refractivity contribution >= 4 is 31.0 Å². The molecule has 0 fully saturated rings. The minimum absolute atomic E-state index is 0.00178. The average molecular weight is 546 g/mol. The number of phosphoric ester groups is 1. The molecule has 1 atom stereocenters. The summed E-state index contributed by atoms with van der Waals surface area (Å²) in [4.78, 5) is 17.6. The third-order valence-corrected chi connectivity index (χ3v) is 6.30. The van der Waals surface area contributed by atoms with E-state index in [1.165, 1.54) is 12.1 Å². The summed E-state index contributed by atoms with van der Waals surface area (Å²) < 4.78 is 61.4. The van der Waals surface area contributed by atoms with E-state index in [2.05, 4.69) is 4.52 Å². The first kappa shape index (κ1) is 28.9. The highest BCUT2D eigenvalue weighted by molar-refractivity contribution is 7.46. The molecule has 0 radical (unpaired) electrons. The standard InChI is InChI=1S/C21H25Cl2F3NO6P/c22-17-5-1-3-15(19(17)23)4-2-10-32-18-7-6-14(11-16(18)21(24,25)26)8-9-20(27,12-28)13-33-34(29,30)31/h1,3,5-7,11,28H,2,4,8-10,12-13,27H2,(H2,29,30,31). The van der Waals surface area contributed by atoms with E-state index in [-0.39, 0.29) is 30.8 Å². The minimum Gasteiger partial charge on any atom is -0.493 e. The van der Waals surface area contributed by atoms with Crippen molar-refractivity contribution in [2.45, 2.75) is 37.4 Å². The van der Waals surface area contributed by atoms with E-state index >= 15 is 0 Å². The van der Waals surface area contributed by atoms with E-state index in [9.17, 15) is 22.8 Å². The number of ether oxygens (including phenoxy) is 1. The highest BCUT2D eigenvalue weighted by atomic mass is 35.5. The Balaban J connectivity index is 2.04. The monoisotopic (exact) mass is 545 g/mol. The zero-order valence-electron chi connectivity index (χ0n) is 17.9. The van der Waals surface area contributed by atoms with Gasteiger partial charge in [-0.05, 0) is 55.0 Å². The summed E-state index contributed by atoms with van der Waals surface area (Å²) in [7, 11) is -4.82. The van der Waals surface area contributed by atoms with Gasteiger partial charge in [0.25, 0.3) is 0 Å². The number of halogens is 5. The number of hydrogen-bond donors (Lipinski definition) is 4. The van der Waals surface area contributed by atoms with Crippen molar-refractivity contribution in [1.82, 2.24) is 0 Å².